The van der Waals surface area contributed by atoms with E-state index in [0.717, 1.165) is 43.4 Å². The molecule has 2 unspecified atom stereocenters. The van der Waals surface area contributed by atoms with Gasteiger partial charge in [0.15, 0.2) is 11.5 Å². The molecular weight excluding hydrogens is 382 g/mol. The first-order chi connectivity index (χ1) is 14.5. The number of piperidine rings is 1. The summed E-state index contributed by atoms with van der Waals surface area (Å²) >= 11 is 0. The van der Waals surface area contributed by atoms with Gasteiger partial charge in [-0.15, -0.1) is 0 Å². The Morgan fingerprint density at radius 3 is 2.77 bits per heavy atom. The molecule has 2 aromatic rings. The maximum Gasteiger partial charge on any atom is 0.276 e. The molecule has 7 heteroatoms. The van der Waals surface area contributed by atoms with Gasteiger partial charge in [0.2, 0.25) is 5.91 Å². The van der Waals surface area contributed by atoms with Crippen LogP contribution in [0.25, 0.3) is 11.3 Å². The van der Waals surface area contributed by atoms with Crippen LogP contribution in [0.5, 0.6) is 0 Å². The summed E-state index contributed by atoms with van der Waals surface area (Å²) in [5.74, 6) is 0.181. The second-order valence-electron chi connectivity index (χ2n) is 8.27. The van der Waals surface area contributed by atoms with E-state index in [2.05, 4.69) is 17.4 Å². The van der Waals surface area contributed by atoms with Gasteiger partial charge < -0.3 is 19.5 Å². The molecule has 1 aromatic heterocycles. The van der Waals surface area contributed by atoms with E-state index in [1.54, 1.807) is 11.0 Å². The number of nitrogens with one attached hydrogen (secondary N) is 1. The Morgan fingerprint density at radius 2 is 2.00 bits per heavy atom. The molecule has 4 rings (SSSR count). The zero-order valence-corrected chi connectivity index (χ0v) is 17.6. The highest BCUT2D eigenvalue weighted by Gasteiger charge is 2.34. The van der Waals surface area contributed by atoms with E-state index in [9.17, 15) is 9.59 Å². The van der Waals surface area contributed by atoms with E-state index in [1.807, 2.05) is 25.1 Å². The molecular formula is C23H29N3O4. The molecule has 2 saturated heterocycles. The van der Waals surface area contributed by atoms with Crippen molar-refractivity contribution in [3.63, 3.8) is 0 Å². The molecule has 2 fully saturated rings. The zero-order valence-electron chi connectivity index (χ0n) is 17.6. The molecule has 0 radical (unpaired) electrons. The van der Waals surface area contributed by atoms with Gasteiger partial charge in [-0.25, -0.2) is 0 Å². The van der Waals surface area contributed by atoms with Crippen molar-refractivity contribution >= 4 is 11.8 Å². The summed E-state index contributed by atoms with van der Waals surface area (Å²) in [6.07, 6.45) is 4.54. The van der Waals surface area contributed by atoms with Gasteiger partial charge in [0.25, 0.3) is 5.91 Å². The number of ether oxygens (including phenoxy) is 1. The fourth-order valence-corrected chi connectivity index (χ4v) is 4.14. The Labute approximate surface area is 176 Å². The molecule has 1 aromatic carbocycles. The highest BCUT2D eigenvalue weighted by atomic mass is 16.5. The quantitative estimate of drug-likeness (QED) is 0.816. The monoisotopic (exact) mass is 411 g/mol. The predicted octanol–water partition coefficient (Wildman–Crippen LogP) is 3.25. The van der Waals surface area contributed by atoms with Gasteiger partial charge in [-0.3, -0.25) is 9.59 Å². The van der Waals surface area contributed by atoms with Gasteiger partial charge in [-0.05, 0) is 63.1 Å². The molecule has 0 aliphatic carbocycles. The fourth-order valence-electron chi connectivity index (χ4n) is 4.14. The number of hydrogen-bond donors (Lipinski definition) is 1. The Bertz CT molecular complexity index is 917. The van der Waals surface area contributed by atoms with Crippen molar-refractivity contribution in [3.05, 3.63) is 41.1 Å². The zero-order chi connectivity index (χ0) is 21.1. The second kappa shape index (κ2) is 9.00. The highest BCUT2D eigenvalue weighted by Crippen LogP contribution is 2.25. The molecule has 2 aliphatic heterocycles. The minimum absolute atomic E-state index is 0.0813. The number of amides is 2. The lowest BCUT2D eigenvalue weighted by molar-refractivity contribution is -0.127. The van der Waals surface area contributed by atoms with Crippen LogP contribution in [0.15, 0.2) is 28.8 Å². The van der Waals surface area contributed by atoms with Crippen molar-refractivity contribution in [1.82, 2.24) is 15.4 Å². The van der Waals surface area contributed by atoms with E-state index in [-0.39, 0.29) is 23.6 Å². The number of benzene rings is 1. The maximum atomic E-state index is 13.1. The van der Waals surface area contributed by atoms with Crippen LogP contribution in [0.2, 0.25) is 0 Å². The number of carbonyl (C=O) groups excluding carboxylic acids is 2. The molecule has 0 spiro atoms. The van der Waals surface area contributed by atoms with Crippen molar-refractivity contribution in [1.29, 1.82) is 0 Å². The van der Waals surface area contributed by atoms with Gasteiger partial charge in [-0.1, -0.05) is 17.3 Å². The maximum absolute atomic E-state index is 13.1. The first-order valence-corrected chi connectivity index (χ1v) is 10.8. The lowest BCUT2D eigenvalue weighted by Gasteiger charge is -2.34. The van der Waals surface area contributed by atoms with Gasteiger partial charge >= 0.3 is 0 Å². The molecule has 2 amide bonds. The van der Waals surface area contributed by atoms with Crippen LogP contribution in [-0.4, -0.2) is 53.7 Å². The number of carbonyl (C=O) groups is 2. The molecule has 2 aliphatic rings. The number of rotatable bonds is 5. The Balaban J connectivity index is 1.45. The minimum atomic E-state index is -0.477. The van der Waals surface area contributed by atoms with Crippen molar-refractivity contribution < 1.29 is 18.8 Å². The Kier molecular flexibility index (Phi) is 6.18. The number of aromatic nitrogens is 1. The summed E-state index contributed by atoms with van der Waals surface area (Å²) in [6, 6.07) is 7.19. The van der Waals surface area contributed by atoms with Crippen LogP contribution in [0.1, 0.15) is 53.7 Å². The van der Waals surface area contributed by atoms with Gasteiger partial charge in [0, 0.05) is 31.3 Å². The van der Waals surface area contributed by atoms with Crippen LogP contribution >= 0.6 is 0 Å². The van der Waals surface area contributed by atoms with Crippen molar-refractivity contribution in [2.75, 3.05) is 19.7 Å². The average Bonchev–Trinajstić information content (AvgIpc) is 3.46. The van der Waals surface area contributed by atoms with Gasteiger partial charge in [-0.2, -0.15) is 0 Å². The summed E-state index contributed by atoms with van der Waals surface area (Å²) in [5, 5.41) is 6.98. The number of aryl methyl sites for hydroxylation is 2. The number of hydrogen-bond acceptors (Lipinski definition) is 5. The number of likely N-dealkylation sites (tertiary alicyclic amines) is 1. The Hall–Kier alpha value is -2.67. The first-order valence-electron chi connectivity index (χ1n) is 10.8. The van der Waals surface area contributed by atoms with E-state index < -0.39 is 6.04 Å². The molecule has 0 bridgehead atoms. The SMILES string of the molecule is Cc1ccc(-c2cc(C(=O)N3CCCCC3C(=O)NCC3CCCO3)no2)cc1C. The fraction of sp³-hybridized carbons (Fsp3) is 0.522. The summed E-state index contributed by atoms with van der Waals surface area (Å²) < 4.78 is 11.0. The van der Waals surface area contributed by atoms with Crippen LogP contribution < -0.4 is 5.32 Å². The normalized spacial score (nSPS) is 21.6. The Morgan fingerprint density at radius 1 is 1.13 bits per heavy atom. The van der Waals surface area contributed by atoms with Crippen molar-refractivity contribution in [2.45, 2.75) is 58.1 Å². The third-order valence-corrected chi connectivity index (χ3v) is 6.11. The smallest absolute Gasteiger partial charge is 0.276 e. The first kappa shape index (κ1) is 20.6. The molecule has 7 nitrogen and oxygen atoms in total. The van der Waals surface area contributed by atoms with E-state index >= 15 is 0 Å². The van der Waals surface area contributed by atoms with Gasteiger partial charge in [0.1, 0.15) is 6.04 Å². The van der Waals surface area contributed by atoms with Crippen LogP contribution in [0.4, 0.5) is 0 Å². The number of nitrogens with zero attached hydrogens (tertiary/aromatic N) is 2. The summed E-state index contributed by atoms with van der Waals surface area (Å²) in [4.78, 5) is 27.6. The summed E-state index contributed by atoms with van der Waals surface area (Å²) in [6.45, 7) is 5.88. The molecule has 2 atom stereocenters. The van der Waals surface area contributed by atoms with Gasteiger partial charge in [0.05, 0.1) is 6.10 Å². The highest BCUT2D eigenvalue weighted by molar-refractivity contribution is 5.96. The summed E-state index contributed by atoms with van der Waals surface area (Å²) in [5.41, 5.74) is 3.46. The van der Waals surface area contributed by atoms with E-state index in [0.29, 0.717) is 25.3 Å². The lowest BCUT2D eigenvalue weighted by atomic mass is 10.0. The van der Waals surface area contributed by atoms with E-state index in [4.69, 9.17) is 9.26 Å². The molecule has 0 saturated carbocycles. The molecule has 160 valence electrons. The predicted molar refractivity (Wildman–Crippen MR) is 112 cm³/mol. The molecule has 3 heterocycles. The van der Waals surface area contributed by atoms with Crippen molar-refractivity contribution in [2.24, 2.45) is 0 Å². The summed E-state index contributed by atoms with van der Waals surface area (Å²) in [7, 11) is 0. The van der Waals surface area contributed by atoms with E-state index in [1.165, 1.54) is 5.56 Å². The lowest BCUT2D eigenvalue weighted by Crippen LogP contribution is -2.52. The largest absolute Gasteiger partial charge is 0.376 e. The topological polar surface area (TPSA) is 84.7 Å². The second-order valence-corrected chi connectivity index (χ2v) is 8.27. The van der Waals surface area contributed by atoms with Crippen LogP contribution in [-0.2, 0) is 9.53 Å². The minimum Gasteiger partial charge on any atom is -0.376 e. The van der Waals surface area contributed by atoms with Crippen molar-refractivity contribution in [3.8, 4) is 11.3 Å². The third kappa shape index (κ3) is 4.41. The standard InChI is InChI=1S/C23H29N3O4/c1-15-8-9-17(12-16(15)2)21-13-19(25-30-21)23(28)26-10-4-3-7-20(26)22(27)24-14-18-6-5-11-29-18/h8-9,12-13,18,20H,3-7,10-11,14H2,1-2H3,(H,24,27). The van der Waals surface area contributed by atoms with Crippen LogP contribution in [0.3, 0.4) is 0 Å². The average molecular weight is 412 g/mol. The molecule has 30 heavy (non-hydrogen) atoms. The molecule has 1 N–H and O–H groups in total. The van der Waals surface area contributed by atoms with Crippen LogP contribution in [0, 0.1) is 13.8 Å². The third-order valence-electron chi connectivity index (χ3n) is 6.11.